The van der Waals surface area contributed by atoms with E-state index in [1.807, 2.05) is 97.1 Å². The fourth-order valence-corrected chi connectivity index (χ4v) is 7.80. The monoisotopic (exact) mass is 744 g/mol. The molecule has 0 aliphatic carbocycles. The van der Waals surface area contributed by atoms with E-state index < -0.39 is 11.5 Å². The van der Waals surface area contributed by atoms with Gasteiger partial charge in [0.2, 0.25) is 11.5 Å². The first-order valence-electron chi connectivity index (χ1n) is 19.2. The zero-order chi connectivity index (χ0) is 38.5. The number of H-pyrrole nitrogens is 1. The van der Waals surface area contributed by atoms with Gasteiger partial charge >= 0.3 is 6.03 Å². The van der Waals surface area contributed by atoms with E-state index in [0.29, 0.717) is 56.2 Å². The zero-order valence-corrected chi connectivity index (χ0v) is 31.2. The lowest BCUT2D eigenvalue weighted by molar-refractivity contribution is -0.123. The first-order valence-corrected chi connectivity index (χ1v) is 19.2. The summed E-state index contributed by atoms with van der Waals surface area (Å²) in [5.74, 6) is 0.215. The molecule has 2 unspecified atom stereocenters. The number of likely N-dealkylation sites (tertiary alicyclic amines) is 1. The summed E-state index contributed by atoms with van der Waals surface area (Å²) in [7, 11) is 0. The van der Waals surface area contributed by atoms with Gasteiger partial charge in [-0.2, -0.15) is 0 Å². The number of aromatic amines is 1. The second-order valence-corrected chi connectivity index (χ2v) is 14.2. The quantitative estimate of drug-likeness (QED) is 0.0650. The Bertz CT molecular complexity index is 2000. The third-order valence-electron chi connectivity index (χ3n) is 10.6. The third-order valence-corrected chi connectivity index (χ3v) is 10.6. The van der Waals surface area contributed by atoms with E-state index in [9.17, 15) is 19.5 Å². The number of ether oxygens (including phenoxy) is 1. The van der Waals surface area contributed by atoms with Crippen LogP contribution < -0.4 is 32.0 Å². The number of aliphatic hydroxyl groups is 1. The van der Waals surface area contributed by atoms with E-state index in [2.05, 4.69) is 25.8 Å². The van der Waals surface area contributed by atoms with Gasteiger partial charge in [-0.3, -0.25) is 9.59 Å². The van der Waals surface area contributed by atoms with Gasteiger partial charge in [-0.25, -0.2) is 4.79 Å². The average molecular weight is 745 g/mol. The predicted octanol–water partition coefficient (Wildman–Crippen LogP) is 4.99. The van der Waals surface area contributed by atoms with Crippen molar-refractivity contribution in [2.45, 2.75) is 43.8 Å². The number of amides is 3. The van der Waals surface area contributed by atoms with Gasteiger partial charge in [0, 0.05) is 44.2 Å². The molecule has 6 rings (SSSR count). The maximum absolute atomic E-state index is 13.3. The van der Waals surface area contributed by atoms with Crippen molar-refractivity contribution in [3.8, 4) is 5.75 Å². The summed E-state index contributed by atoms with van der Waals surface area (Å²) in [5, 5.41) is 21.0. The van der Waals surface area contributed by atoms with Crippen LogP contribution in [0.3, 0.4) is 0 Å². The molecular weight excluding hydrogens is 693 g/mol. The molecule has 5 aromatic rings. The van der Waals surface area contributed by atoms with Crippen molar-refractivity contribution in [2.24, 2.45) is 11.7 Å². The van der Waals surface area contributed by atoms with Crippen molar-refractivity contribution in [1.82, 2.24) is 25.8 Å². The molecule has 11 nitrogen and oxygen atoms in total. The Balaban J connectivity index is 0.876. The van der Waals surface area contributed by atoms with Crippen molar-refractivity contribution < 1.29 is 19.4 Å². The number of aromatic nitrogens is 1. The maximum Gasteiger partial charge on any atom is 0.314 e. The Morgan fingerprint density at radius 2 is 1.49 bits per heavy atom. The van der Waals surface area contributed by atoms with Gasteiger partial charge in [0.1, 0.15) is 17.8 Å². The number of pyridine rings is 1. The number of aliphatic hydroxyl groups excluding tert-OH is 1. The number of primary amides is 1. The predicted molar refractivity (Wildman–Crippen MR) is 216 cm³/mol. The van der Waals surface area contributed by atoms with Crippen LogP contribution in [0.4, 0.5) is 4.79 Å². The smallest absolute Gasteiger partial charge is 0.314 e. The van der Waals surface area contributed by atoms with Crippen LogP contribution in [0, 0.1) is 5.92 Å². The van der Waals surface area contributed by atoms with Gasteiger partial charge in [0.15, 0.2) is 0 Å². The number of nitrogens with two attached hydrogens (primary N) is 1. The second-order valence-electron chi connectivity index (χ2n) is 14.2. The Labute approximate surface area is 322 Å². The van der Waals surface area contributed by atoms with Crippen molar-refractivity contribution in [3.05, 3.63) is 148 Å². The summed E-state index contributed by atoms with van der Waals surface area (Å²) in [4.78, 5) is 43.1. The number of carbonyl (C=O) groups is 2. The van der Waals surface area contributed by atoms with E-state index in [0.717, 1.165) is 60.8 Å². The summed E-state index contributed by atoms with van der Waals surface area (Å²) in [6, 6.07) is 36.1. The molecule has 0 bridgehead atoms. The lowest BCUT2D eigenvalue weighted by atomic mass is 9.64. The molecule has 55 heavy (non-hydrogen) atoms. The number of benzene rings is 4. The molecule has 1 aliphatic heterocycles. The highest BCUT2D eigenvalue weighted by atomic mass is 16.5. The number of hydrogen-bond acceptors (Lipinski definition) is 7. The van der Waals surface area contributed by atoms with Crippen LogP contribution in [-0.2, 0) is 16.8 Å². The first kappa shape index (κ1) is 39.2. The molecule has 1 fully saturated rings. The van der Waals surface area contributed by atoms with E-state index in [4.69, 9.17) is 10.5 Å². The largest absolute Gasteiger partial charge is 0.487 e. The first-order chi connectivity index (χ1) is 26.9. The summed E-state index contributed by atoms with van der Waals surface area (Å²) < 4.78 is 6.03. The molecule has 0 spiro atoms. The Hall–Kier alpha value is -5.49. The van der Waals surface area contributed by atoms with Crippen LogP contribution in [0.25, 0.3) is 10.9 Å². The molecule has 0 saturated carbocycles. The van der Waals surface area contributed by atoms with Gasteiger partial charge in [0.05, 0.1) is 11.6 Å². The van der Waals surface area contributed by atoms with Gasteiger partial charge in [0.25, 0.3) is 0 Å². The Morgan fingerprint density at radius 3 is 2.18 bits per heavy atom. The van der Waals surface area contributed by atoms with Crippen LogP contribution in [0.1, 0.15) is 54.0 Å². The highest BCUT2D eigenvalue weighted by molar-refractivity contribution is 5.91. The third kappa shape index (κ3) is 9.79. The minimum absolute atomic E-state index is 0.00472. The number of unbranched alkanes of at least 4 members (excludes halogenated alkanes) is 2. The molecule has 3 amide bonds. The number of hydrogen-bond donors (Lipinski definition) is 6. The van der Waals surface area contributed by atoms with E-state index in [-0.39, 0.29) is 23.4 Å². The van der Waals surface area contributed by atoms with Crippen molar-refractivity contribution in [2.75, 3.05) is 45.8 Å². The molecule has 1 saturated heterocycles. The maximum atomic E-state index is 13.3. The number of carbonyl (C=O) groups excluding carboxylic acids is 2. The number of urea groups is 1. The van der Waals surface area contributed by atoms with Gasteiger partial charge in [-0.05, 0) is 72.7 Å². The van der Waals surface area contributed by atoms with Crippen LogP contribution in [0.2, 0.25) is 0 Å². The van der Waals surface area contributed by atoms with Crippen molar-refractivity contribution in [3.63, 3.8) is 0 Å². The number of rotatable bonds is 19. The number of fused-ring (bicyclic) bond motifs is 1. The molecule has 4 aromatic carbocycles. The van der Waals surface area contributed by atoms with Gasteiger partial charge < -0.3 is 41.4 Å². The molecule has 288 valence electrons. The SMILES string of the molecule is NC(=O)C(c1ccccc1)(c1ccccc1)C1CCN(CCNC(=O)NCCCCCNCC(O)c2ccc(OCc3ccccc3)c3[nH]c(=O)ccc23)C1. The molecule has 1 aliphatic rings. The topological polar surface area (TPSA) is 162 Å². The standard InChI is InChI=1S/C44H52N6O5/c45-42(53)44(33-15-7-2-8-16-33,34-17-9-3-10-18-34)35-23-27-50(30-35)28-26-48-43(54)47-25-12-4-11-24-46-29-38(51)36-19-21-39(41-37(36)20-22-40(52)49-41)55-31-32-13-5-1-6-14-32/h1-3,5-10,13-22,35,38,46,51H,4,11-12,23-31H2,(H2,45,53)(H,49,52)(H2,47,48,54). The Morgan fingerprint density at radius 1 is 0.836 bits per heavy atom. The summed E-state index contributed by atoms with van der Waals surface area (Å²) in [6.45, 7) is 4.72. The van der Waals surface area contributed by atoms with Crippen molar-refractivity contribution in [1.29, 1.82) is 0 Å². The minimum atomic E-state index is -0.931. The fourth-order valence-electron chi connectivity index (χ4n) is 7.80. The molecule has 11 heteroatoms. The highest BCUT2D eigenvalue weighted by Crippen LogP contribution is 2.43. The second kappa shape index (κ2) is 19.2. The lowest BCUT2D eigenvalue weighted by Gasteiger charge is -2.37. The van der Waals surface area contributed by atoms with Crippen LogP contribution in [0.5, 0.6) is 5.75 Å². The highest BCUT2D eigenvalue weighted by Gasteiger charge is 2.49. The number of nitrogens with one attached hydrogen (secondary N) is 4. The molecular formula is C44H52N6O5. The van der Waals surface area contributed by atoms with Crippen molar-refractivity contribution >= 4 is 22.8 Å². The van der Waals surface area contributed by atoms with E-state index >= 15 is 0 Å². The molecule has 2 heterocycles. The van der Waals surface area contributed by atoms with Crippen LogP contribution in [0.15, 0.2) is 120 Å². The zero-order valence-electron chi connectivity index (χ0n) is 31.2. The van der Waals surface area contributed by atoms with E-state index in [1.165, 1.54) is 6.07 Å². The van der Waals surface area contributed by atoms with E-state index in [1.54, 1.807) is 12.1 Å². The molecule has 1 aromatic heterocycles. The lowest BCUT2D eigenvalue weighted by Crippen LogP contribution is -2.49. The summed E-state index contributed by atoms with van der Waals surface area (Å²) in [6.07, 6.45) is 2.70. The minimum Gasteiger partial charge on any atom is -0.487 e. The normalized spacial score (nSPS) is 15.1. The van der Waals surface area contributed by atoms with Gasteiger partial charge in [-0.15, -0.1) is 0 Å². The van der Waals surface area contributed by atoms with Crippen LogP contribution in [-0.4, -0.2) is 72.7 Å². The average Bonchev–Trinajstić information content (AvgIpc) is 3.68. The fraction of sp³-hybridized carbons (Fsp3) is 0.341. The Kier molecular flexibility index (Phi) is 13.7. The summed E-state index contributed by atoms with van der Waals surface area (Å²) >= 11 is 0. The van der Waals surface area contributed by atoms with Gasteiger partial charge in [-0.1, -0.05) is 103 Å². The number of nitrogens with zero attached hydrogens (tertiary/aromatic N) is 1. The summed E-state index contributed by atoms with van der Waals surface area (Å²) in [5.41, 5.74) is 9.17. The van der Waals surface area contributed by atoms with Crippen LogP contribution >= 0.6 is 0 Å². The molecule has 2 atom stereocenters. The molecule has 0 radical (unpaired) electrons. The molecule has 7 N–H and O–H groups in total.